The van der Waals surface area contributed by atoms with Gasteiger partial charge in [-0.1, -0.05) is 66.3 Å². The van der Waals surface area contributed by atoms with E-state index >= 15 is 0 Å². The minimum absolute atomic E-state index is 0.0570. The molecule has 53 heavy (non-hydrogen) atoms. The van der Waals surface area contributed by atoms with Crippen molar-refractivity contribution in [1.82, 2.24) is 0 Å². The topological polar surface area (TPSA) is 112 Å². The number of halogens is 3. The average Bonchev–Trinajstić information content (AvgIpc) is 3.50. The van der Waals surface area contributed by atoms with Crippen LogP contribution in [0.1, 0.15) is 45.8 Å². The number of rotatable bonds is 7. The zero-order valence-corrected chi connectivity index (χ0v) is 29.6. The second kappa shape index (κ2) is 12.6. The Morgan fingerprint density at radius 1 is 0.811 bits per heavy atom. The Balaban J connectivity index is 1.22. The highest BCUT2D eigenvalue weighted by Crippen LogP contribution is 2.66. The third-order valence-corrected chi connectivity index (χ3v) is 12.6. The number of carbonyl (C=O) groups excluding carboxylic acids is 5. The van der Waals surface area contributed by atoms with Crippen LogP contribution in [0.4, 0.5) is 15.8 Å². The fourth-order valence-electron chi connectivity index (χ4n) is 8.68. The summed E-state index contributed by atoms with van der Waals surface area (Å²) in [6.45, 7) is 3.77. The van der Waals surface area contributed by atoms with Gasteiger partial charge in [0.1, 0.15) is 11.6 Å². The molecule has 2 aliphatic carbocycles. The van der Waals surface area contributed by atoms with E-state index in [0.29, 0.717) is 22.3 Å². The predicted molar refractivity (Wildman–Crippen MR) is 197 cm³/mol. The molecule has 0 aromatic heterocycles. The van der Waals surface area contributed by atoms with Gasteiger partial charge in [-0.15, -0.1) is 29.8 Å². The van der Waals surface area contributed by atoms with Crippen molar-refractivity contribution in [1.29, 1.82) is 0 Å². The first kappa shape index (κ1) is 34.7. The SMILES string of the molecule is C=CCc1cccc(C2C3=CCC4C(=O)N(c5ccc(C(=O)c6ccccc6)cc5)C(=O)C4C3CC3(Cl)C(=O)N(c4ccc(F)cc4)C(=O)C23Cl)c1O. The number of amides is 4. The van der Waals surface area contributed by atoms with Crippen LogP contribution < -0.4 is 9.80 Å². The molecular formula is C42H31Cl2FN2O6. The van der Waals surface area contributed by atoms with Crippen LogP contribution in [0.25, 0.3) is 0 Å². The first-order valence-electron chi connectivity index (χ1n) is 17.1. The second-order valence-electron chi connectivity index (χ2n) is 13.9. The molecule has 4 aromatic carbocycles. The maximum absolute atomic E-state index is 14.6. The molecule has 11 heteroatoms. The number of fused-ring (bicyclic) bond motifs is 4. The van der Waals surface area contributed by atoms with Crippen molar-refractivity contribution in [2.75, 3.05) is 9.80 Å². The summed E-state index contributed by atoms with van der Waals surface area (Å²) in [4.78, 5) is 68.4. The van der Waals surface area contributed by atoms with Crippen LogP contribution in [-0.4, -0.2) is 44.3 Å². The van der Waals surface area contributed by atoms with Gasteiger partial charge in [0, 0.05) is 22.6 Å². The Bertz CT molecular complexity index is 2280. The molecular weight excluding hydrogens is 718 g/mol. The quantitative estimate of drug-likeness (QED) is 0.0922. The van der Waals surface area contributed by atoms with E-state index in [2.05, 4.69) is 6.58 Å². The number of carbonyl (C=O) groups is 5. The first-order valence-corrected chi connectivity index (χ1v) is 17.9. The minimum atomic E-state index is -2.19. The molecule has 266 valence electrons. The predicted octanol–water partition coefficient (Wildman–Crippen LogP) is 7.26. The largest absolute Gasteiger partial charge is 0.507 e. The Labute approximate surface area is 314 Å². The molecule has 8 rings (SSSR count). The molecule has 1 saturated carbocycles. The number of hydrogen-bond acceptors (Lipinski definition) is 6. The van der Waals surface area contributed by atoms with E-state index in [1.165, 1.54) is 12.1 Å². The number of aromatic hydroxyl groups is 1. The van der Waals surface area contributed by atoms with Gasteiger partial charge in [0.15, 0.2) is 15.5 Å². The number of nitrogens with zero attached hydrogens (tertiary/aromatic N) is 2. The van der Waals surface area contributed by atoms with Gasteiger partial charge in [0.2, 0.25) is 11.8 Å². The Morgan fingerprint density at radius 3 is 2.13 bits per heavy atom. The molecule has 2 aliphatic heterocycles. The van der Waals surface area contributed by atoms with Crippen molar-refractivity contribution >= 4 is 64.0 Å². The number of benzene rings is 4. The molecule has 0 bridgehead atoms. The van der Waals surface area contributed by atoms with E-state index in [4.69, 9.17) is 23.2 Å². The number of ketones is 1. The third kappa shape index (κ3) is 4.97. The Hall–Kier alpha value is -5.38. The summed E-state index contributed by atoms with van der Waals surface area (Å²) in [5.41, 5.74) is 2.45. The van der Waals surface area contributed by atoms with Crippen LogP contribution in [-0.2, 0) is 25.6 Å². The molecule has 2 heterocycles. The number of hydrogen-bond donors (Lipinski definition) is 1. The van der Waals surface area contributed by atoms with Gasteiger partial charge in [0.05, 0.1) is 23.2 Å². The van der Waals surface area contributed by atoms with E-state index in [0.717, 1.165) is 21.9 Å². The molecule has 4 aromatic rings. The van der Waals surface area contributed by atoms with Gasteiger partial charge in [-0.3, -0.25) is 28.9 Å². The lowest BCUT2D eigenvalue weighted by Crippen LogP contribution is -2.60. The standard InChI is InChI=1S/C42H31Cl2FN2O6/c1-2-7-23-10-6-11-31(36(23)49)34-29-20-21-30-33(32(29)22-41(43)39(52)47(40(53)42(34,41)44)28-18-14-26(45)15-19-28)38(51)46(37(30)50)27-16-12-25(13-17-27)35(48)24-8-4-3-5-9-24/h2-6,8-20,30,32-34,49H,1,7,21-22H2. The van der Waals surface area contributed by atoms with E-state index in [9.17, 15) is 33.5 Å². The van der Waals surface area contributed by atoms with Crippen LogP contribution in [0.15, 0.2) is 121 Å². The molecule has 6 atom stereocenters. The van der Waals surface area contributed by atoms with Crippen molar-refractivity contribution in [3.05, 3.63) is 149 Å². The fourth-order valence-corrected chi connectivity index (χ4v) is 9.61. The van der Waals surface area contributed by atoms with Crippen LogP contribution in [0.3, 0.4) is 0 Å². The lowest BCUT2D eigenvalue weighted by atomic mass is 9.56. The highest BCUT2D eigenvalue weighted by Gasteiger charge is 2.77. The molecule has 8 nitrogen and oxygen atoms in total. The highest BCUT2D eigenvalue weighted by atomic mass is 35.5. The van der Waals surface area contributed by atoms with E-state index in [1.54, 1.807) is 78.9 Å². The van der Waals surface area contributed by atoms with Crippen molar-refractivity contribution in [2.45, 2.75) is 34.9 Å². The van der Waals surface area contributed by atoms with Crippen LogP contribution >= 0.6 is 23.2 Å². The Kier molecular flexibility index (Phi) is 8.27. The molecule has 2 saturated heterocycles. The zero-order chi connectivity index (χ0) is 37.4. The van der Waals surface area contributed by atoms with Crippen LogP contribution in [0.2, 0.25) is 0 Å². The molecule has 0 radical (unpaired) electrons. The normalized spacial score (nSPS) is 27.6. The van der Waals surface area contributed by atoms with Crippen LogP contribution in [0, 0.1) is 23.6 Å². The molecule has 1 N–H and O–H groups in total. The molecule has 4 aliphatic rings. The summed E-state index contributed by atoms with van der Waals surface area (Å²) in [7, 11) is 0. The summed E-state index contributed by atoms with van der Waals surface area (Å²) in [6, 6.07) is 24.7. The summed E-state index contributed by atoms with van der Waals surface area (Å²) in [5, 5.41) is 11.7. The van der Waals surface area contributed by atoms with E-state index in [-0.39, 0.29) is 47.7 Å². The van der Waals surface area contributed by atoms with Crippen molar-refractivity contribution in [3.8, 4) is 5.75 Å². The average molecular weight is 750 g/mol. The maximum atomic E-state index is 14.6. The summed E-state index contributed by atoms with van der Waals surface area (Å²) >= 11 is 14.9. The van der Waals surface area contributed by atoms with Gasteiger partial charge < -0.3 is 5.11 Å². The van der Waals surface area contributed by atoms with Gasteiger partial charge in [-0.2, -0.15) is 0 Å². The number of para-hydroxylation sites is 1. The number of anilines is 2. The monoisotopic (exact) mass is 748 g/mol. The lowest BCUT2D eigenvalue weighted by Gasteiger charge is -2.50. The van der Waals surface area contributed by atoms with Crippen molar-refractivity contribution in [3.63, 3.8) is 0 Å². The molecule has 6 unspecified atom stereocenters. The molecule has 0 spiro atoms. The number of imide groups is 2. The van der Waals surface area contributed by atoms with Crippen LogP contribution in [0.5, 0.6) is 5.75 Å². The number of phenols is 1. The smallest absolute Gasteiger partial charge is 0.258 e. The summed E-state index contributed by atoms with van der Waals surface area (Å²) < 4.78 is 14.0. The van der Waals surface area contributed by atoms with Crippen molar-refractivity contribution < 1.29 is 33.5 Å². The second-order valence-corrected chi connectivity index (χ2v) is 15.1. The van der Waals surface area contributed by atoms with E-state index in [1.807, 2.05) is 6.07 Å². The van der Waals surface area contributed by atoms with Gasteiger partial charge in [-0.25, -0.2) is 9.29 Å². The summed E-state index contributed by atoms with van der Waals surface area (Å²) in [6.07, 6.45) is 3.53. The number of phenolic OH excluding ortho intramolecular Hbond substituents is 1. The zero-order valence-electron chi connectivity index (χ0n) is 28.0. The molecule has 4 amide bonds. The lowest BCUT2D eigenvalue weighted by molar-refractivity contribution is -0.125. The first-order chi connectivity index (χ1) is 25.4. The highest BCUT2D eigenvalue weighted by molar-refractivity contribution is 6.58. The fraction of sp³-hybridized carbons (Fsp3) is 0.214. The number of alkyl halides is 2. The third-order valence-electron chi connectivity index (χ3n) is 11.1. The minimum Gasteiger partial charge on any atom is -0.507 e. The van der Waals surface area contributed by atoms with E-state index < -0.39 is 62.9 Å². The summed E-state index contributed by atoms with van der Waals surface area (Å²) in [5.74, 6) is -7.46. The maximum Gasteiger partial charge on any atom is 0.258 e. The van der Waals surface area contributed by atoms with Gasteiger partial charge >= 0.3 is 0 Å². The Morgan fingerprint density at radius 2 is 1.45 bits per heavy atom. The van der Waals surface area contributed by atoms with Gasteiger partial charge in [-0.05, 0) is 79.3 Å². The van der Waals surface area contributed by atoms with Gasteiger partial charge in [0.25, 0.3) is 11.8 Å². The molecule has 3 fully saturated rings. The number of allylic oxidation sites excluding steroid dienone is 3. The van der Waals surface area contributed by atoms with Crippen molar-refractivity contribution in [2.24, 2.45) is 17.8 Å².